The molecule has 1 aliphatic carbocycles. The van der Waals surface area contributed by atoms with Gasteiger partial charge in [0, 0.05) is 24.5 Å². The third-order valence-electron chi connectivity index (χ3n) is 6.96. The normalized spacial score (nSPS) is 13.5. The van der Waals surface area contributed by atoms with Crippen molar-refractivity contribution >= 4 is 23.7 Å². The van der Waals surface area contributed by atoms with Gasteiger partial charge < -0.3 is 20.1 Å². The molecule has 10 nitrogen and oxygen atoms in total. The topological polar surface area (TPSA) is 137 Å². The highest BCUT2D eigenvalue weighted by molar-refractivity contribution is 5.90. The van der Waals surface area contributed by atoms with Crippen LogP contribution in [0.3, 0.4) is 0 Å². The Balaban J connectivity index is 1.40. The number of nitro benzene ring substituents is 1. The highest BCUT2D eigenvalue weighted by atomic mass is 16.6. The van der Waals surface area contributed by atoms with Gasteiger partial charge in [0.05, 0.1) is 12.0 Å². The number of carbonyl (C=O) groups excluding carboxylic acids is 3. The van der Waals surface area contributed by atoms with Crippen molar-refractivity contribution in [3.8, 4) is 11.1 Å². The molecular formula is C30H31N3O7. The molecule has 2 atom stereocenters. The molecule has 2 N–H and O–H groups in total. The first kappa shape index (κ1) is 28.3. The van der Waals surface area contributed by atoms with E-state index in [1.54, 1.807) is 13.8 Å². The highest BCUT2D eigenvalue weighted by Crippen LogP contribution is 2.44. The molecule has 0 aromatic heterocycles. The van der Waals surface area contributed by atoms with Crippen LogP contribution in [0, 0.1) is 16.0 Å². The highest BCUT2D eigenvalue weighted by Gasteiger charge is 2.32. The quantitative estimate of drug-likeness (QED) is 0.219. The largest absolute Gasteiger partial charge is 0.467 e. The summed E-state index contributed by atoms with van der Waals surface area (Å²) in [5, 5.41) is 16.2. The van der Waals surface area contributed by atoms with Crippen molar-refractivity contribution in [2.75, 3.05) is 13.7 Å². The summed E-state index contributed by atoms with van der Waals surface area (Å²) >= 11 is 0. The number of ether oxygens (including phenoxy) is 2. The zero-order chi connectivity index (χ0) is 28.8. The van der Waals surface area contributed by atoms with E-state index in [-0.39, 0.29) is 30.6 Å². The monoisotopic (exact) mass is 545 g/mol. The Morgan fingerprint density at radius 3 is 2.00 bits per heavy atom. The van der Waals surface area contributed by atoms with Crippen LogP contribution in [0.15, 0.2) is 72.8 Å². The molecule has 3 aromatic rings. The number of benzene rings is 3. The summed E-state index contributed by atoms with van der Waals surface area (Å²) < 4.78 is 10.4. The summed E-state index contributed by atoms with van der Waals surface area (Å²) in [7, 11) is 1.20. The summed E-state index contributed by atoms with van der Waals surface area (Å²) in [5.41, 5.74) is 4.85. The van der Waals surface area contributed by atoms with Crippen molar-refractivity contribution in [2.45, 2.75) is 38.3 Å². The Morgan fingerprint density at radius 2 is 1.48 bits per heavy atom. The van der Waals surface area contributed by atoms with Crippen LogP contribution in [-0.4, -0.2) is 48.7 Å². The molecule has 3 aromatic carbocycles. The van der Waals surface area contributed by atoms with E-state index in [4.69, 9.17) is 9.47 Å². The van der Waals surface area contributed by atoms with E-state index in [9.17, 15) is 24.5 Å². The standard InChI is InChI=1S/C30H31N3O7/c1-18(2)27(28(34)31-26(29(35)39-3)16-19-12-14-20(15-13-19)33(37)38)32-30(36)40-17-25-23-10-6-4-8-21(23)22-9-5-7-11-24(22)25/h4-15,18,25-27H,16-17H2,1-3H3,(H,31,34)(H,32,36)/t26-,27-/m0/s1. The smallest absolute Gasteiger partial charge is 0.407 e. The fourth-order valence-electron chi connectivity index (χ4n) is 4.89. The van der Waals surface area contributed by atoms with Gasteiger partial charge in [0.15, 0.2) is 0 Å². The number of hydrogen-bond donors (Lipinski definition) is 2. The number of carbonyl (C=O) groups is 3. The van der Waals surface area contributed by atoms with Crippen LogP contribution in [0.1, 0.15) is 36.5 Å². The SMILES string of the molecule is COC(=O)[C@H](Cc1ccc([N+](=O)[O-])cc1)NC(=O)[C@@H](NC(=O)OCC1c2ccccc2-c2ccccc21)C(C)C. The summed E-state index contributed by atoms with van der Waals surface area (Å²) in [5.74, 6) is -1.72. The Kier molecular flexibility index (Phi) is 8.78. The van der Waals surface area contributed by atoms with Gasteiger partial charge >= 0.3 is 12.1 Å². The van der Waals surface area contributed by atoms with Crippen LogP contribution in [0.2, 0.25) is 0 Å². The Bertz CT molecular complexity index is 1360. The number of amides is 2. The summed E-state index contributed by atoms with van der Waals surface area (Å²) in [4.78, 5) is 48.9. The molecule has 0 unspecified atom stereocenters. The van der Waals surface area contributed by atoms with Crippen LogP contribution < -0.4 is 10.6 Å². The minimum absolute atomic E-state index is 0.0478. The van der Waals surface area contributed by atoms with Gasteiger partial charge in [-0.2, -0.15) is 0 Å². The predicted molar refractivity (Wildman–Crippen MR) is 148 cm³/mol. The van der Waals surface area contributed by atoms with Crippen LogP contribution in [0.25, 0.3) is 11.1 Å². The number of fused-ring (bicyclic) bond motifs is 3. The third kappa shape index (κ3) is 6.28. The molecule has 4 rings (SSSR count). The number of alkyl carbamates (subject to hydrolysis) is 1. The molecule has 0 saturated carbocycles. The maximum Gasteiger partial charge on any atom is 0.407 e. The van der Waals surface area contributed by atoms with Crippen LogP contribution >= 0.6 is 0 Å². The Labute approximate surface area is 231 Å². The number of rotatable bonds is 10. The van der Waals surface area contributed by atoms with Gasteiger partial charge in [0.25, 0.3) is 5.69 Å². The number of nitrogens with zero attached hydrogens (tertiary/aromatic N) is 1. The molecule has 0 bridgehead atoms. The molecule has 0 saturated heterocycles. The van der Waals surface area contributed by atoms with E-state index in [2.05, 4.69) is 10.6 Å². The Morgan fingerprint density at radius 1 is 0.900 bits per heavy atom. The fourth-order valence-corrected chi connectivity index (χ4v) is 4.89. The van der Waals surface area contributed by atoms with Gasteiger partial charge in [-0.15, -0.1) is 0 Å². The van der Waals surface area contributed by atoms with Crippen molar-refractivity contribution < 1.29 is 28.8 Å². The van der Waals surface area contributed by atoms with Crippen molar-refractivity contribution in [3.63, 3.8) is 0 Å². The summed E-state index contributed by atoms with van der Waals surface area (Å²) in [6.07, 6.45) is -0.702. The van der Waals surface area contributed by atoms with Gasteiger partial charge in [0.2, 0.25) is 5.91 Å². The first-order valence-electron chi connectivity index (χ1n) is 12.9. The van der Waals surface area contributed by atoms with E-state index in [0.717, 1.165) is 22.3 Å². The zero-order valence-corrected chi connectivity index (χ0v) is 22.5. The summed E-state index contributed by atoms with van der Waals surface area (Å²) in [6, 6.07) is 19.6. The van der Waals surface area contributed by atoms with E-state index in [1.165, 1.54) is 31.4 Å². The maximum atomic E-state index is 13.2. The molecule has 0 aliphatic heterocycles. The molecule has 40 heavy (non-hydrogen) atoms. The molecule has 2 amide bonds. The second-order valence-corrected chi connectivity index (χ2v) is 9.90. The minimum atomic E-state index is -1.07. The molecule has 0 radical (unpaired) electrons. The number of non-ortho nitro benzene ring substituents is 1. The average molecular weight is 546 g/mol. The zero-order valence-electron chi connectivity index (χ0n) is 22.5. The molecule has 10 heteroatoms. The second-order valence-electron chi connectivity index (χ2n) is 9.90. The van der Waals surface area contributed by atoms with Crippen molar-refractivity contribution in [3.05, 3.63) is 99.6 Å². The molecule has 0 heterocycles. The number of hydrogen-bond acceptors (Lipinski definition) is 7. The molecule has 208 valence electrons. The summed E-state index contributed by atoms with van der Waals surface area (Å²) in [6.45, 7) is 3.62. The fraction of sp³-hybridized carbons (Fsp3) is 0.300. The lowest BCUT2D eigenvalue weighted by atomic mass is 9.98. The van der Waals surface area contributed by atoms with Crippen LogP contribution in [0.4, 0.5) is 10.5 Å². The maximum absolute atomic E-state index is 13.2. The van der Waals surface area contributed by atoms with Gasteiger partial charge in [-0.05, 0) is 33.7 Å². The van der Waals surface area contributed by atoms with Gasteiger partial charge in [0.1, 0.15) is 18.7 Å². The van der Waals surface area contributed by atoms with Gasteiger partial charge in [-0.3, -0.25) is 14.9 Å². The molecular weight excluding hydrogens is 514 g/mol. The van der Waals surface area contributed by atoms with E-state index >= 15 is 0 Å². The van der Waals surface area contributed by atoms with Crippen LogP contribution in [-0.2, 0) is 25.5 Å². The number of methoxy groups -OCH3 is 1. The predicted octanol–water partition coefficient (Wildman–Crippen LogP) is 4.36. The number of esters is 1. The first-order valence-corrected chi connectivity index (χ1v) is 12.9. The third-order valence-corrected chi connectivity index (χ3v) is 6.96. The van der Waals surface area contributed by atoms with E-state index in [1.807, 2.05) is 48.5 Å². The van der Waals surface area contributed by atoms with Gasteiger partial charge in [-0.1, -0.05) is 74.5 Å². The molecule has 0 spiro atoms. The van der Waals surface area contributed by atoms with Crippen molar-refractivity contribution in [2.24, 2.45) is 5.92 Å². The Hall–Kier alpha value is -4.73. The molecule has 0 fully saturated rings. The molecule has 1 aliphatic rings. The minimum Gasteiger partial charge on any atom is -0.467 e. The van der Waals surface area contributed by atoms with Crippen molar-refractivity contribution in [1.29, 1.82) is 0 Å². The second kappa shape index (κ2) is 12.4. The van der Waals surface area contributed by atoms with Gasteiger partial charge in [-0.25, -0.2) is 9.59 Å². The van der Waals surface area contributed by atoms with E-state index < -0.39 is 35.0 Å². The average Bonchev–Trinajstić information content (AvgIpc) is 3.27. The van der Waals surface area contributed by atoms with Crippen molar-refractivity contribution in [1.82, 2.24) is 10.6 Å². The van der Waals surface area contributed by atoms with E-state index in [0.29, 0.717) is 5.56 Å². The van der Waals surface area contributed by atoms with Crippen LogP contribution in [0.5, 0.6) is 0 Å². The lowest BCUT2D eigenvalue weighted by molar-refractivity contribution is -0.384. The lowest BCUT2D eigenvalue weighted by Gasteiger charge is -2.25. The number of nitrogens with one attached hydrogen (secondary N) is 2. The number of nitro groups is 1. The lowest BCUT2D eigenvalue weighted by Crippen LogP contribution is -2.54. The first-order chi connectivity index (χ1) is 19.2.